The van der Waals surface area contributed by atoms with Crippen LogP contribution in [-0.2, 0) is 16.1 Å². The van der Waals surface area contributed by atoms with Crippen LogP contribution >= 0.6 is 11.3 Å². The molecule has 0 fully saturated rings. The summed E-state index contributed by atoms with van der Waals surface area (Å²) in [6.45, 7) is 7.16. The number of nitrogens with zero attached hydrogens (tertiary/aromatic N) is 2. The fourth-order valence-corrected chi connectivity index (χ4v) is 4.14. The maximum Gasteiger partial charge on any atom is 0.326 e. The fourth-order valence-electron chi connectivity index (χ4n) is 3.09. The first-order valence-corrected chi connectivity index (χ1v) is 11.6. The minimum Gasteiger partial charge on any atom is -0.494 e. The third kappa shape index (κ3) is 5.97. The smallest absolute Gasteiger partial charge is 0.326 e. The molecule has 3 aromatic rings. The van der Waals surface area contributed by atoms with Gasteiger partial charge in [-0.05, 0) is 56.7 Å². The summed E-state index contributed by atoms with van der Waals surface area (Å²) in [5.74, 6) is 0.567. The third-order valence-corrected chi connectivity index (χ3v) is 5.64. The summed E-state index contributed by atoms with van der Waals surface area (Å²) in [4.78, 5) is 29.9. The lowest BCUT2D eigenvalue weighted by atomic mass is 10.2. The predicted molar refractivity (Wildman–Crippen MR) is 124 cm³/mol. The summed E-state index contributed by atoms with van der Waals surface area (Å²) in [6, 6.07) is 12.6. The maximum absolute atomic E-state index is 12.9. The molecule has 0 saturated heterocycles. The lowest BCUT2D eigenvalue weighted by Gasteiger charge is -2.07. The third-order valence-electron chi connectivity index (χ3n) is 4.60. The number of thiazole rings is 1. The molecule has 1 aromatic heterocycles. The summed E-state index contributed by atoms with van der Waals surface area (Å²) < 4.78 is 19.0. The van der Waals surface area contributed by atoms with Crippen molar-refractivity contribution in [3.8, 4) is 11.5 Å². The normalized spacial score (nSPS) is 11.5. The Balaban J connectivity index is 1.98. The number of fused-ring (bicyclic) bond motifs is 1. The molecule has 1 amide bonds. The van der Waals surface area contributed by atoms with E-state index < -0.39 is 5.91 Å². The van der Waals surface area contributed by atoms with E-state index in [1.165, 1.54) is 11.3 Å². The van der Waals surface area contributed by atoms with Crippen LogP contribution in [0.4, 0.5) is 0 Å². The van der Waals surface area contributed by atoms with Gasteiger partial charge in [-0.2, -0.15) is 4.99 Å². The molecule has 0 unspecified atom stereocenters. The van der Waals surface area contributed by atoms with Crippen LogP contribution in [0.3, 0.4) is 0 Å². The Kier molecular flexibility index (Phi) is 8.44. The quantitative estimate of drug-likeness (QED) is 0.329. The van der Waals surface area contributed by atoms with Crippen LogP contribution in [0.25, 0.3) is 10.2 Å². The molecule has 8 heteroatoms. The molecule has 0 radical (unpaired) electrons. The highest BCUT2D eigenvalue weighted by Crippen LogP contribution is 2.24. The van der Waals surface area contributed by atoms with E-state index in [2.05, 4.69) is 11.9 Å². The molecule has 7 nitrogen and oxygen atoms in total. The average molecular weight is 457 g/mol. The molecule has 0 bridgehead atoms. The summed E-state index contributed by atoms with van der Waals surface area (Å²) in [5, 5.41) is 0. The van der Waals surface area contributed by atoms with Crippen molar-refractivity contribution in [1.29, 1.82) is 0 Å². The van der Waals surface area contributed by atoms with Crippen LogP contribution in [0.2, 0.25) is 0 Å². The number of unbranched alkanes of at least 4 members (excludes halogenated alkanes) is 1. The van der Waals surface area contributed by atoms with Crippen molar-refractivity contribution in [2.45, 2.75) is 40.2 Å². The molecule has 0 aliphatic carbocycles. The highest BCUT2D eigenvalue weighted by atomic mass is 32.1. The van der Waals surface area contributed by atoms with E-state index >= 15 is 0 Å². The number of rotatable bonds is 10. The zero-order valence-corrected chi connectivity index (χ0v) is 19.4. The van der Waals surface area contributed by atoms with E-state index in [1.54, 1.807) is 29.7 Å². The number of hydrogen-bond donors (Lipinski definition) is 0. The number of carbonyl (C=O) groups is 2. The van der Waals surface area contributed by atoms with Crippen molar-refractivity contribution in [1.82, 2.24) is 4.57 Å². The molecule has 0 aliphatic heterocycles. The second kappa shape index (κ2) is 11.5. The number of hydrogen-bond acceptors (Lipinski definition) is 6. The standard InChI is InChI=1S/C24H28N2O5S/c1-4-7-13-31-18-10-8-9-17(14-18)23(28)25-24-26(16-22(27)30-6-3)20-12-11-19(29-5-2)15-21(20)32-24/h8-12,14-15H,4-7,13,16H2,1-3H3. The highest BCUT2D eigenvalue weighted by Gasteiger charge is 2.14. The molecule has 0 aliphatic rings. The molecule has 0 atom stereocenters. The minimum atomic E-state index is -0.403. The van der Waals surface area contributed by atoms with Crippen LogP contribution < -0.4 is 14.3 Å². The summed E-state index contributed by atoms with van der Waals surface area (Å²) in [7, 11) is 0. The second-order valence-electron chi connectivity index (χ2n) is 6.99. The number of esters is 1. The second-order valence-corrected chi connectivity index (χ2v) is 7.99. The Morgan fingerprint density at radius 2 is 1.81 bits per heavy atom. The monoisotopic (exact) mass is 456 g/mol. The summed E-state index contributed by atoms with van der Waals surface area (Å²) in [6.07, 6.45) is 1.98. The van der Waals surface area contributed by atoms with Gasteiger partial charge in [-0.1, -0.05) is 30.7 Å². The van der Waals surface area contributed by atoms with Crippen LogP contribution in [0.5, 0.6) is 11.5 Å². The van der Waals surface area contributed by atoms with Crippen molar-refractivity contribution in [2.75, 3.05) is 19.8 Å². The highest BCUT2D eigenvalue weighted by molar-refractivity contribution is 7.16. The Morgan fingerprint density at radius 3 is 2.56 bits per heavy atom. The van der Waals surface area contributed by atoms with Gasteiger partial charge in [-0.25, -0.2) is 0 Å². The Hall–Kier alpha value is -3.13. The first-order valence-electron chi connectivity index (χ1n) is 10.8. The molecular weight excluding hydrogens is 428 g/mol. The van der Waals surface area contributed by atoms with Gasteiger partial charge in [0.05, 0.1) is 30.0 Å². The van der Waals surface area contributed by atoms with Crippen LogP contribution in [-0.4, -0.2) is 36.3 Å². The summed E-state index contributed by atoms with van der Waals surface area (Å²) >= 11 is 1.32. The average Bonchev–Trinajstić information content (AvgIpc) is 3.10. The molecule has 0 saturated carbocycles. The molecule has 32 heavy (non-hydrogen) atoms. The Morgan fingerprint density at radius 1 is 1.00 bits per heavy atom. The van der Waals surface area contributed by atoms with E-state index in [-0.39, 0.29) is 19.1 Å². The van der Waals surface area contributed by atoms with Crippen LogP contribution in [0.1, 0.15) is 44.0 Å². The predicted octanol–water partition coefficient (Wildman–Crippen LogP) is 4.58. The van der Waals surface area contributed by atoms with Gasteiger partial charge in [0, 0.05) is 5.56 Å². The summed E-state index contributed by atoms with van der Waals surface area (Å²) in [5.41, 5.74) is 1.21. The molecule has 1 heterocycles. The van der Waals surface area contributed by atoms with E-state index in [0.717, 1.165) is 28.8 Å². The number of ether oxygens (including phenoxy) is 3. The molecule has 2 aromatic carbocycles. The minimum absolute atomic E-state index is 0.0336. The van der Waals surface area contributed by atoms with Crippen LogP contribution in [0.15, 0.2) is 47.5 Å². The molecule has 170 valence electrons. The van der Waals surface area contributed by atoms with Crippen molar-refractivity contribution in [3.05, 3.63) is 52.8 Å². The molecule has 0 N–H and O–H groups in total. The first kappa shape index (κ1) is 23.5. The number of amides is 1. The number of carbonyl (C=O) groups excluding carboxylic acids is 2. The zero-order valence-electron chi connectivity index (χ0n) is 18.6. The Labute approximate surface area is 191 Å². The number of aromatic nitrogens is 1. The molecule has 3 rings (SSSR count). The fraction of sp³-hybridized carbons (Fsp3) is 0.375. The van der Waals surface area contributed by atoms with Crippen molar-refractivity contribution < 1.29 is 23.8 Å². The lowest BCUT2D eigenvalue weighted by molar-refractivity contribution is -0.143. The zero-order chi connectivity index (χ0) is 22.9. The SMILES string of the molecule is CCCCOc1cccc(C(=O)N=c2sc3cc(OCC)ccc3n2CC(=O)OCC)c1. The van der Waals surface area contributed by atoms with Gasteiger partial charge in [0.15, 0.2) is 4.80 Å². The molecular formula is C24H28N2O5S. The van der Waals surface area contributed by atoms with Gasteiger partial charge in [0.2, 0.25) is 0 Å². The molecule has 0 spiro atoms. The lowest BCUT2D eigenvalue weighted by Crippen LogP contribution is -2.23. The largest absolute Gasteiger partial charge is 0.494 e. The van der Waals surface area contributed by atoms with Crippen molar-refractivity contribution >= 4 is 33.4 Å². The van der Waals surface area contributed by atoms with E-state index in [4.69, 9.17) is 14.2 Å². The van der Waals surface area contributed by atoms with Gasteiger partial charge < -0.3 is 18.8 Å². The number of benzene rings is 2. The van der Waals surface area contributed by atoms with Gasteiger partial charge in [0.25, 0.3) is 5.91 Å². The first-order chi connectivity index (χ1) is 15.5. The van der Waals surface area contributed by atoms with Gasteiger partial charge in [-0.15, -0.1) is 0 Å². The Bertz CT molecular complexity index is 1150. The van der Waals surface area contributed by atoms with E-state index in [9.17, 15) is 9.59 Å². The van der Waals surface area contributed by atoms with Crippen LogP contribution in [0, 0.1) is 0 Å². The maximum atomic E-state index is 12.9. The van der Waals surface area contributed by atoms with Crippen molar-refractivity contribution in [3.63, 3.8) is 0 Å². The topological polar surface area (TPSA) is 79.1 Å². The van der Waals surface area contributed by atoms with Gasteiger partial charge in [-0.3, -0.25) is 9.59 Å². The van der Waals surface area contributed by atoms with E-state index in [1.807, 2.05) is 31.2 Å². The van der Waals surface area contributed by atoms with Gasteiger partial charge >= 0.3 is 5.97 Å². The van der Waals surface area contributed by atoms with E-state index in [0.29, 0.717) is 29.3 Å². The van der Waals surface area contributed by atoms with Gasteiger partial charge in [0.1, 0.15) is 18.0 Å². The van der Waals surface area contributed by atoms with Crippen molar-refractivity contribution in [2.24, 2.45) is 4.99 Å².